The number of rotatable bonds is 4. The fourth-order valence-electron chi connectivity index (χ4n) is 3.97. The average molecular weight is 394 g/mol. The molecule has 0 aliphatic heterocycles. The Labute approximate surface area is 173 Å². The normalized spacial score (nSPS) is 16.9. The molecule has 0 N–H and O–H groups in total. The number of hydrogen-bond acceptors (Lipinski definition) is 4. The Morgan fingerprint density at radius 3 is 1.40 bits per heavy atom. The second kappa shape index (κ2) is 7.48. The predicted octanol–water partition coefficient (Wildman–Crippen LogP) is 5.65. The number of hydrogen-bond donors (Lipinski definition) is 0. The van der Waals surface area contributed by atoms with E-state index in [-0.39, 0.29) is 0 Å². The third-order valence-electron chi connectivity index (χ3n) is 5.34. The smallest absolute Gasteiger partial charge is 0.338 e. The first-order chi connectivity index (χ1) is 14.7. The van der Waals surface area contributed by atoms with Crippen molar-refractivity contribution in [1.82, 2.24) is 0 Å². The maximum absolute atomic E-state index is 12.8. The van der Waals surface area contributed by atoms with Crippen LogP contribution >= 0.6 is 0 Å². The van der Waals surface area contributed by atoms with E-state index in [1.807, 2.05) is 48.5 Å². The van der Waals surface area contributed by atoms with Crippen LogP contribution in [0.5, 0.6) is 0 Å². The molecule has 0 radical (unpaired) electrons. The largest absolute Gasteiger partial charge is 0.449 e. The molecule has 4 heteroatoms. The molecule has 1 aliphatic carbocycles. The lowest BCUT2D eigenvalue weighted by Gasteiger charge is -2.22. The minimum atomic E-state index is -0.716. The van der Waals surface area contributed by atoms with Gasteiger partial charge in [0.1, 0.15) is 0 Å². The van der Waals surface area contributed by atoms with E-state index in [0.29, 0.717) is 11.1 Å². The van der Waals surface area contributed by atoms with Gasteiger partial charge >= 0.3 is 11.9 Å². The summed E-state index contributed by atoms with van der Waals surface area (Å²) in [6.45, 7) is 0. The molecule has 0 bridgehead atoms. The summed E-state index contributed by atoms with van der Waals surface area (Å²) in [5, 5.41) is 1.99. The molecule has 0 saturated carbocycles. The van der Waals surface area contributed by atoms with Gasteiger partial charge in [0.15, 0.2) is 12.2 Å². The quantitative estimate of drug-likeness (QED) is 0.420. The minimum absolute atomic E-state index is 0.453. The fourth-order valence-corrected chi connectivity index (χ4v) is 3.97. The molecule has 4 nitrogen and oxygen atoms in total. The number of ether oxygens (including phenoxy) is 2. The standard InChI is InChI=1S/C26H18O4/c27-25(18-9-3-1-4-10-18)29-23-20-15-7-13-17-14-8-16-21(22(17)20)24(23)30-26(28)19-11-5-2-6-12-19/h1-16,23-24H/t23-,24-/m0/s1. The third kappa shape index (κ3) is 3.12. The topological polar surface area (TPSA) is 52.6 Å². The molecule has 30 heavy (non-hydrogen) atoms. The van der Waals surface area contributed by atoms with Crippen molar-refractivity contribution in [2.45, 2.75) is 12.2 Å². The lowest BCUT2D eigenvalue weighted by atomic mass is 10.1. The molecule has 146 valence electrons. The highest BCUT2D eigenvalue weighted by Crippen LogP contribution is 2.48. The summed E-state index contributed by atoms with van der Waals surface area (Å²) in [6.07, 6.45) is -1.43. The zero-order chi connectivity index (χ0) is 20.5. The Hall–Kier alpha value is -3.92. The first kappa shape index (κ1) is 18.1. The third-order valence-corrected chi connectivity index (χ3v) is 5.34. The molecule has 0 unspecified atom stereocenters. The SMILES string of the molecule is O=C(O[C@H]1c2cccc3cccc(c23)[C@@H]1OC(=O)c1ccccc1)c1ccccc1. The van der Waals surface area contributed by atoms with E-state index in [2.05, 4.69) is 0 Å². The van der Waals surface area contributed by atoms with E-state index in [1.54, 1.807) is 48.5 Å². The van der Waals surface area contributed by atoms with E-state index < -0.39 is 24.1 Å². The van der Waals surface area contributed by atoms with Gasteiger partial charge in [-0.2, -0.15) is 0 Å². The molecule has 0 amide bonds. The Balaban J connectivity index is 1.53. The van der Waals surface area contributed by atoms with Crippen LogP contribution in [0.2, 0.25) is 0 Å². The van der Waals surface area contributed by atoms with Crippen molar-refractivity contribution in [3.8, 4) is 0 Å². The van der Waals surface area contributed by atoms with Crippen molar-refractivity contribution < 1.29 is 19.1 Å². The van der Waals surface area contributed by atoms with Crippen molar-refractivity contribution in [3.05, 3.63) is 119 Å². The highest BCUT2D eigenvalue weighted by molar-refractivity contribution is 5.95. The second-order valence-electron chi connectivity index (χ2n) is 7.18. The molecule has 0 fully saturated rings. The van der Waals surface area contributed by atoms with Crippen LogP contribution in [0.25, 0.3) is 10.8 Å². The molecule has 5 rings (SSSR count). The molecule has 0 saturated heterocycles. The summed E-state index contributed by atoms with van der Waals surface area (Å²) in [4.78, 5) is 25.6. The van der Waals surface area contributed by atoms with Gasteiger partial charge in [0.2, 0.25) is 0 Å². The van der Waals surface area contributed by atoms with Crippen LogP contribution < -0.4 is 0 Å². The molecule has 0 aromatic heterocycles. The average Bonchev–Trinajstić information content (AvgIpc) is 3.09. The van der Waals surface area contributed by atoms with Crippen LogP contribution in [-0.2, 0) is 9.47 Å². The summed E-state index contributed by atoms with van der Waals surface area (Å²) >= 11 is 0. The van der Waals surface area contributed by atoms with Crippen LogP contribution in [0.1, 0.15) is 44.1 Å². The van der Waals surface area contributed by atoms with Gasteiger partial charge in [0, 0.05) is 11.1 Å². The Bertz CT molecular complexity index is 1140. The van der Waals surface area contributed by atoms with Crippen molar-refractivity contribution in [3.63, 3.8) is 0 Å². The van der Waals surface area contributed by atoms with Crippen molar-refractivity contribution in [2.24, 2.45) is 0 Å². The van der Waals surface area contributed by atoms with Gasteiger partial charge in [-0.3, -0.25) is 0 Å². The Morgan fingerprint density at radius 2 is 0.967 bits per heavy atom. The zero-order valence-electron chi connectivity index (χ0n) is 16.0. The van der Waals surface area contributed by atoms with Gasteiger partial charge in [0.05, 0.1) is 11.1 Å². The van der Waals surface area contributed by atoms with E-state index in [0.717, 1.165) is 21.9 Å². The molecule has 1 aliphatic rings. The lowest BCUT2D eigenvalue weighted by molar-refractivity contribution is -0.0345. The minimum Gasteiger partial charge on any atom is -0.449 e. The predicted molar refractivity (Wildman–Crippen MR) is 113 cm³/mol. The monoisotopic (exact) mass is 394 g/mol. The van der Waals surface area contributed by atoms with Gasteiger partial charge in [-0.05, 0) is 35.0 Å². The van der Waals surface area contributed by atoms with E-state index >= 15 is 0 Å². The van der Waals surface area contributed by atoms with Gasteiger partial charge < -0.3 is 9.47 Å². The summed E-state index contributed by atoms with van der Waals surface area (Å²) in [5.74, 6) is -0.905. The zero-order valence-corrected chi connectivity index (χ0v) is 16.0. The lowest BCUT2D eigenvalue weighted by Crippen LogP contribution is -2.20. The van der Waals surface area contributed by atoms with E-state index in [1.165, 1.54) is 0 Å². The summed E-state index contributed by atoms with van der Waals surface area (Å²) < 4.78 is 11.8. The maximum atomic E-state index is 12.8. The molecule has 4 aromatic rings. The van der Waals surface area contributed by atoms with Crippen LogP contribution in [-0.4, -0.2) is 11.9 Å². The molecular weight excluding hydrogens is 376 g/mol. The molecule has 0 heterocycles. The Kier molecular flexibility index (Phi) is 4.52. The highest BCUT2D eigenvalue weighted by atomic mass is 16.6. The fraction of sp³-hybridized carbons (Fsp3) is 0.0769. The number of carbonyl (C=O) groups excluding carboxylic acids is 2. The van der Waals surface area contributed by atoms with Crippen LogP contribution in [0, 0.1) is 0 Å². The first-order valence-corrected chi connectivity index (χ1v) is 9.76. The van der Waals surface area contributed by atoms with Gasteiger partial charge in [-0.1, -0.05) is 72.8 Å². The van der Waals surface area contributed by atoms with Crippen molar-refractivity contribution in [1.29, 1.82) is 0 Å². The second-order valence-corrected chi connectivity index (χ2v) is 7.18. The summed E-state index contributed by atoms with van der Waals surface area (Å²) in [5.41, 5.74) is 2.60. The molecule has 4 aromatic carbocycles. The highest BCUT2D eigenvalue weighted by Gasteiger charge is 2.40. The van der Waals surface area contributed by atoms with Gasteiger partial charge in [-0.25, -0.2) is 9.59 Å². The van der Waals surface area contributed by atoms with Crippen LogP contribution in [0.15, 0.2) is 97.1 Å². The number of carbonyl (C=O) groups is 2. The molecule has 0 spiro atoms. The maximum Gasteiger partial charge on any atom is 0.338 e. The van der Waals surface area contributed by atoms with Crippen molar-refractivity contribution >= 4 is 22.7 Å². The molecular formula is C26H18O4. The van der Waals surface area contributed by atoms with Crippen molar-refractivity contribution in [2.75, 3.05) is 0 Å². The molecule has 2 atom stereocenters. The number of benzene rings is 4. The van der Waals surface area contributed by atoms with Crippen LogP contribution in [0.4, 0.5) is 0 Å². The van der Waals surface area contributed by atoms with Crippen LogP contribution in [0.3, 0.4) is 0 Å². The Morgan fingerprint density at radius 1 is 0.533 bits per heavy atom. The van der Waals surface area contributed by atoms with E-state index in [9.17, 15) is 9.59 Å². The number of esters is 2. The van der Waals surface area contributed by atoms with Gasteiger partial charge in [-0.15, -0.1) is 0 Å². The summed E-state index contributed by atoms with van der Waals surface area (Å²) in [6, 6.07) is 29.3. The first-order valence-electron chi connectivity index (χ1n) is 9.76. The summed E-state index contributed by atoms with van der Waals surface area (Å²) in [7, 11) is 0. The van der Waals surface area contributed by atoms with Gasteiger partial charge in [0.25, 0.3) is 0 Å². The van der Waals surface area contributed by atoms with E-state index in [4.69, 9.17) is 9.47 Å².